The van der Waals surface area contributed by atoms with Crippen LogP contribution in [0.4, 0.5) is 5.69 Å². The van der Waals surface area contributed by atoms with Crippen molar-refractivity contribution in [2.75, 3.05) is 5.32 Å². The Morgan fingerprint density at radius 1 is 1.04 bits per heavy atom. The lowest BCUT2D eigenvalue weighted by molar-refractivity contribution is -0.115. The Labute approximate surface area is 151 Å². The number of nitrogens with one attached hydrogen (secondary N) is 1. The molecule has 1 N–H and O–H groups in total. The molecule has 0 bridgehead atoms. The van der Waals surface area contributed by atoms with Gasteiger partial charge < -0.3 is 9.88 Å². The van der Waals surface area contributed by atoms with Crippen LogP contribution in [0.25, 0.3) is 0 Å². The largest absolute Gasteiger partial charge is 0.325 e. The molecule has 0 aliphatic carbocycles. The van der Waals surface area contributed by atoms with Crippen LogP contribution in [-0.2, 0) is 4.79 Å². The van der Waals surface area contributed by atoms with E-state index in [-0.39, 0.29) is 11.9 Å². The van der Waals surface area contributed by atoms with Crippen LogP contribution in [0.5, 0.6) is 0 Å². The van der Waals surface area contributed by atoms with E-state index in [2.05, 4.69) is 29.4 Å². The highest BCUT2D eigenvalue weighted by atomic mass is 32.2. The van der Waals surface area contributed by atoms with Crippen molar-refractivity contribution in [2.24, 2.45) is 0 Å². The Hall–Kier alpha value is -2.60. The van der Waals surface area contributed by atoms with Gasteiger partial charge in [-0.1, -0.05) is 60.3 Å². The number of aromatic nitrogens is 3. The van der Waals surface area contributed by atoms with Gasteiger partial charge in [0.1, 0.15) is 11.6 Å². The summed E-state index contributed by atoms with van der Waals surface area (Å²) in [4.78, 5) is 12.9. The number of benzene rings is 2. The van der Waals surface area contributed by atoms with Crippen molar-refractivity contribution in [1.29, 1.82) is 0 Å². The molecule has 0 aliphatic rings. The van der Waals surface area contributed by atoms with Gasteiger partial charge in [-0.05, 0) is 31.5 Å². The number of carbonyl (C=O) groups is 1. The highest BCUT2D eigenvalue weighted by Crippen LogP contribution is 2.36. The average molecular weight is 352 g/mol. The van der Waals surface area contributed by atoms with Crippen molar-refractivity contribution in [3.05, 3.63) is 72.6 Å². The molecule has 1 amide bonds. The second-order valence-electron chi connectivity index (χ2n) is 5.88. The summed E-state index contributed by atoms with van der Waals surface area (Å²) in [6, 6.07) is 19.4. The Balaban J connectivity index is 1.87. The number of thioether (sulfide) groups is 1. The SMILES string of the molecule is CC(C)n1cnnc1SC(C(=O)Nc1ccccc1)c1ccccc1. The molecule has 3 aromatic rings. The first-order chi connectivity index (χ1) is 12.1. The lowest BCUT2D eigenvalue weighted by Crippen LogP contribution is -2.19. The van der Waals surface area contributed by atoms with Gasteiger partial charge in [0.05, 0.1) is 0 Å². The zero-order valence-corrected chi connectivity index (χ0v) is 15.0. The van der Waals surface area contributed by atoms with Gasteiger partial charge in [0.25, 0.3) is 0 Å². The highest BCUT2D eigenvalue weighted by molar-refractivity contribution is 8.00. The minimum absolute atomic E-state index is 0.0827. The van der Waals surface area contributed by atoms with Gasteiger partial charge in [-0.2, -0.15) is 0 Å². The third-order valence-corrected chi connectivity index (χ3v) is 4.93. The van der Waals surface area contributed by atoms with Crippen molar-refractivity contribution in [3.8, 4) is 0 Å². The smallest absolute Gasteiger partial charge is 0.242 e. The molecule has 5 nitrogen and oxygen atoms in total. The maximum Gasteiger partial charge on any atom is 0.242 e. The molecule has 1 unspecified atom stereocenters. The number of hydrogen-bond donors (Lipinski definition) is 1. The van der Waals surface area contributed by atoms with E-state index in [1.54, 1.807) is 6.33 Å². The quantitative estimate of drug-likeness (QED) is 0.671. The number of para-hydroxylation sites is 1. The summed E-state index contributed by atoms with van der Waals surface area (Å²) in [5.74, 6) is -0.0827. The lowest BCUT2D eigenvalue weighted by atomic mass is 10.1. The predicted molar refractivity (Wildman–Crippen MR) is 101 cm³/mol. The Morgan fingerprint density at radius 3 is 2.32 bits per heavy atom. The number of nitrogens with zero attached hydrogens (tertiary/aromatic N) is 3. The molecule has 2 aromatic carbocycles. The summed E-state index contributed by atoms with van der Waals surface area (Å²) < 4.78 is 1.97. The van der Waals surface area contributed by atoms with Crippen molar-refractivity contribution in [2.45, 2.75) is 30.3 Å². The van der Waals surface area contributed by atoms with Crippen LogP contribution >= 0.6 is 11.8 Å². The number of carbonyl (C=O) groups excluding carboxylic acids is 1. The lowest BCUT2D eigenvalue weighted by Gasteiger charge is -2.18. The molecule has 128 valence electrons. The molecule has 6 heteroatoms. The average Bonchev–Trinajstić information content (AvgIpc) is 3.10. The normalized spacial score (nSPS) is 12.1. The molecule has 0 saturated carbocycles. The first kappa shape index (κ1) is 17.2. The van der Waals surface area contributed by atoms with E-state index < -0.39 is 5.25 Å². The van der Waals surface area contributed by atoms with Gasteiger partial charge in [-0.15, -0.1) is 10.2 Å². The fourth-order valence-corrected chi connectivity index (χ4v) is 3.55. The van der Waals surface area contributed by atoms with Crippen molar-refractivity contribution >= 4 is 23.4 Å². The van der Waals surface area contributed by atoms with Crippen molar-refractivity contribution < 1.29 is 4.79 Å². The maximum atomic E-state index is 12.9. The van der Waals surface area contributed by atoms with Gasteiger partial charge >= 0.3 is 0 Å². The summed E-state index contributed by atoms with van der Waals surface area (Å²) >= 11 is 1.41. The number of hydrogen-bond acceptors (Lipinski definition) is 4. The molecule has 25 heavy (non-hydrogen) atoms. The fourth-order valence-electron chi connectivity index (χ4n) is 2.41. The Morgan fingerprint density at radius 2 is 1.68 bits per heavy atom. The van der Waals surface area contributed by atoms with Gasteiger partial charge in [-0.25, -0.2) is 0 Å². The molecule has 0 fully saturated rings. The van der Waals surface area contributed by atoms with E-state index >= 15 is 0 Å². The van der Waals surface area contributed by atoms with E-state index in [1.165, 1.54) is 11.8 Å². The topological polar surface area (TPSA) is 59.8 Å². The first-order valence-corrected chi connectivity index (χ1v) is 9.00. The molecule has 0 spiro atoms. The van der Waals surface area contributed by atoms with Crippen LogP contribution in [0.1, 0.15) is 30.7 Å². The molecule has 3 rings (SSSR count). The first-order valence-electron chi connectivity index (χ1n) is 8.12. The van der Waals surface area contributed by atoms with Gasteiger partial charge in [0.2, 0.25) is 5.91 Å². The summed E-state index contributed by atoms with van der Waals surface area (Å²) in [5, 5.41) is 11.5. The predicted octanol–water partition coefficient (Wildman–Crippen LogP) is 4.33. The van der Waals surface area contributed by atoms with Gasteiger partial charge in [0.15, 0.2) is 5.16 Å². The van der Waals surface area contributed by atoms with Crippen LogP contribution in [0.3, 0.4) is 0 Å². The van der Waals surface area contributed by atoms with Crippen LogP contribution in [0.15, 0.2) is 72.1 Å². The van der Waals surface area contributed by atoms with Crippen LogP contribution in [-0.4, -0.2) is 20.7 Å². The second-order valence-corrected chi connectivity index (χ2v) is 6.95. The zero-order valence-electron chi connectivity index (χ0n) is 14.2. The van der Waals surface area contributed by atoms with Crippen LogP contribution in [0, 0.1) is 0 Å². The van der Waals surface area contributed by atoms with Crippen molar-refractivity contribution in [1.82, 2.24) is 14.8 Å². The molecule has 1 atom stereocenters. The summed E-state index contributed by atoms with van der Waals surface area (Å²) in [6.45, 7) is 4.13. The van der Waals surface area contributed by atoms with Gasteiger partial charge in [0, 0.05) is 11.7 Å². The summed E-state index contributed by atoms with van der Waals surface area (Å²) in [5.41, 5.74) is 1.71. The molecule has 0 radical (unpaired) electrons. The molecular formula is C19H20N4OS. The molecule has 1 heterocycles. The van der Waals surface area contributed by atoms with E-state index in [1.807, 2.05) is 65.2 Å². The Bertz CT molecular complexity index is 818. The Kier molecular flexibility index (Phi) is 5.50. The number of anilines is 1. The third-order valence-electron chi connectivity index (χ3n) is 3.70. The minimum Gasteiger partial charge on any atom is -0.325 e. The maximum absolute atomic E-state index is 12.9. The summed E-state index contributed by atoms with van der Waals surface area (Å²) in [7, 11) is 0. The van der Waals surface area contributed by atoms with E-state index in [0.717, 1.165) is 16.4 Å². The van der Waals surface area contributed by atoms with E-state index in [0.29, 0.717) is 0 Å². The van der Waals surface area contributed by atoms with E-state index in [9.17, 15) is 4.79 Å². The molecule has 1 aromatic heterocycles. The van der Waals surface area contributed by atoms with Gasteiger partial charge in [-0.3, -0.25) is 4.79 Å². The van der Waals surface area contributed by atoms with E-state index in [4.69, 9.17) is 0 Å². The third kappa shape index (κ3) is 4.28. The molecule has 0 saturated heterocycles. The zero-order chi connectivity index (χ0) is 17.6. The molecule has 0 aliphatic heterocycles. The molecular weight excluding hydrogens is 332 g/mol. The van der Waals surface area contributed by atoms with Crippen LogP contribution < -0.4 is 5.32 Å². The monoisotopic (exact) mass is 352 g/mol. The second kappa shape index (κ2) is 7.98. The van der Waals surface area contributed by atoms with Crippen LogP contribution in [0.2, 0.25) is 0 Å². The number of rotatable bonds is 6. The number of amides is 1. The van der Waals surface area contributed by atoms with Crippen molar-refractivity contribution in [3.63, 3.8) is 0 Å². The minimum atomic E-state index is -0.414. The highest BCUT2D eigenvalue weighted by Gasteiger charge is 2.25. The summed E-state index contributed by atoms with van der Waals surface area (Å²) in [6.07, 6.45) is 1.70. The fraction of sp³-hybridized carbons (Fsp3) is 0.211. The standard InChI is InChI=1S/C19H20N4OS/c1-14(2)23-13-20-22-19(23)25-17(15-9-5-3-6-10-15)18(24)21-16-11-7-4-8-12-16/h3-14,17H,1-2H3,(H,21,24).